The molecule has 0 saturated heterocycles. The molecule has 0 radical (unpaired) electrons. The van der Waals surface area contributed by atoms with E-state index in [-0.39, 0.29) is 0 Å². The minimum atomic E-state index is -4.76. The molecule has 126 valence electrons. The number of sulfonamides is 1. The molecule has 0 heterocycles. The fourth-order valence-corrected chi connectivity index (χ4v) is 3.18. The van der Waals surface area contributed by atoms with Crippen LogP contribution in [-0.4, -0.2) is 27.0 Å². The van der Waals surface area contributed by atoms with Crippen LogP contribution in [0.5, 0.6) is 0 Å². The SMILES string of the molecule is CC(NS(=O)(=O)c1cc(C(F)(F)F)ccc1Cl)C(=O)OCC#N. The Morgan fingerprint density at radius 2 is 2.09 bits per heavy atom. The van der Waals surface area contributed by atoms with Crippen LogP contribution >= 0.6 is 11.6 Å². The zero-order valence-electron chi connectivity index (χ0n) is 11.5. The third-order valence-electron chi connectivity index (χ3n) is 2.51. The zero-order chi connectivity index (χ0) is 17.8. The van der Waals surface area contributed by atoms with E-state index >= 15 is 0 Å². The number of ether oxygens (including phenoxy) is 1. The number of nitrogens with one attached hydrogen (secondary N) is 1. The third kappa shape index (κ3) is 5.09. The van der Waals surface area contributed by atoms with E-state index in [4.69, 9.17) is 16.9 Å². The van der Waals surface area contributed by atoms with Gasteiger partial charge in [-0.1, -0.05) is 11.6 Å². The van der Waals surface area contributed by atoms with Crippen LogP contribution in [-0.2, 0) is 25.7 Å². The van der Waals surface area contributed by atoms with E-state index in [2.05, 4.69) is 4.74 Å². The van der Waals surface area contributed by atoms with Crippen molar-refractivity contribution < 1.29 is 31.1 Å². The molecule has 1 rings (SSSR count). The van der Waals surface area contributed by atoms with Gasteiger partial charge in [-0.15, -0.1) is 0 Å². The normalized spacial score (nSPS) is 13.2. The maximum absolute atomic E-state index is 12.7. The summed E-state index contributed by atoms with van der Waals surface area (Å²) in [6.45, 7) is 0.522. The molecular weight excluding hydrogens is 361 g/mol. The Hall–Kier alpha value is -1.83. The van der Waals surface area contributed by atoms with Crippen molar-refractivity contribution >= 4 is 27.6 Å². The summed E-state index contributed by atoms with van der Waals surface area (Å²) in [4.78, 5) is 10.6. The van der Waals surface area contributed by atoms with Gasteiger partial charge in [-0.3, -0.25) is 4.79 Å². The van der Waals surface area contributed by atoms with Gasteiger partial charge in [0.15, 0.2) is 6.61 Å². The topological polar surface area (TPSA) is 96.3 Å². The lowest BCUT2D eigenvalue weighted by Gasteiger charge is -2.15. The summed E-state index contributed by atoms with van der Waals surface area (Å²) in [5.41, 5.74) is -1.21. The molecule has 0 aliphatic rings. The predicted molar refractivity (Wildman–Crippen MR) is 72.8 cm³/mol. The van der Waals surface area contributed by atoms with Gasteiger partial charge in [-0.25, -0.2) is 8.42 Å². The van der Waals surface area contributed by atoms with Crippen molar-refractivity contribution in [2.45, 2.75) is 24.0 Å². The van der Waals surface area contributed by atoms with Crippen LogP contribution in [0.2, 0.25) is 5.02 Å². The highest BCUT2D eigenvalue weighted by Crippen LogP contribution is 2.33. The molecule has 0 spiro atoms. The monoisotopic (exact) mass is 370 g/mol. The smallest absolute Gasteiger partial charge is 0.416 e. The number of nitriles is 1. The van der Waals surface area contributed by atoms with Crippen molar-refractivity contribution in [1.29, 1.82) is 5.26 Å². The lowest BCUT2D eigenvalue weighted by Crippen LogP contribution is -2.39. The van der Waals surface area contributed by atoms with E-state index in [1.807, 2.05) is 4.72 Å². The number of rotatable bonds is 5. The Morgan fingerprint density at radius 1 is 1.48 bits per heavy atom. The third-order valence-corrected chi connectivity index (χ3v) is 4.53. The van der Waals surface area contributed by atoms with Crippen LogP contribution in [0.3, 0.4) is 0 Å². The van der Waals surface area contributed by atoms with Crippen molar-refractivity contribution in [3.8, 4) is 6.07 Å². The minimum Gasteiger partial charge on any atom is -0.449 e. The largest absolute Gasteiger partial charge is 0.449 e. The van der Waals surface area contributed by atoms with E-state index in [0.29, 0.717) is 12.1 Å². The molecule has 1 unspecified atom stereocenters. The van der Waals surface area contributed by atoms with Crippen molar-refractivity contribution in [1.82, 2.24) is 4.72 Å². The summed E-state index contributed by atoms with van der Waals surface area (Å²) in [6, 6.07) is 1.88. The molecule has 23 heavy (non-hydrogen) atoms. The summed E-state index contributed by atoms with van der Waals surface area (Å²) in [6.07, 6.45) is -4.76. The fraction of sp³-hybridized carbons (Fsp3) is 0.333. The number of carbonyl (C=O) groups excluding carboxylic acids is 1. The number of alkyl halides is 3. The first-order valence-electron chi connectivity index (χ1n) is 5.91. The molecule has 0 amide bonds. The van der Waals surface area contributed by atoms with Gasteiger partial charge in [-0.05, 0) is 25.1 Å². The van der Waals surface area contributed by atoms with Crippen LogP contribution in [0.1, 0.15) is 12.5 Å². The molecule has 6 nitrogen and oxygen atoms in total. The second kappa shape index (κ2) is 7.16. The summed E-state index contributed by atoms with van der Waals surface area (Å²) >= 11 is 5.63. The minimum absolute atomic E-state index is 0.359. The first-order chi connectivity index (χ1) is 10.5. The molecule has 1 atom stereocenters. The number of nitrogens with zero attached hydrogens (tertiary/aromatic N) is 1. The van der Waals surface area contributed by atoms with E-state index in [1.54, 1.807) is 0 Å². The maximum Gasteiger partial charge on any atom is 0.416 e. The van der Waals surface area contributed by atoms with Crippen LogP contribution in [0.15, 0.2) is 23.1 Å². The quantitative estimate of drug-likeness (QED) is 0.800. The van der Waals surface area contributed by atoms with Gasteiger partial charge in [0.05, 0.1) is 10.6 Å². The van der Waals surface area contributed by atoms with Gasteiger partial charge >= 0.3 is 12.1 Å². The van der Waals surface area contributed by atoms with Crippen molar-refractivity contribution in [2.24, 2.45) is 0 Å². The molecular formula is C12H10ClF3N2O4S. The van der Waals surface area contributed by atoms with Crippen LogP contribution in [0.4, 0.5) is 13.2 Å². The number of hydrogen-bond donors (Lipinski definition) is 1. The lowest BCUT2D eigenvalue weighted by atomic mass is 10.2. The zero-order valence-corrected chi connectivity index (χ0v) is 13.1. The Labute approximate surface area is 134 Å². The van der Waals surface area contributed by atoms with E-state index < -0.39 is 50.3 Å². The molecule has 0 fully saturated rings. The summed E-state index contributed by atoms with van der Waals surface area (Å²) in [7, 11) is -4.51. The van der Waals surface area contributed by atoms with E-state index in [0.717, 1.165) is 13.0 Å². The highest BCUT2D eigenvalue weighted by molar-refractivity contribution is 7.89. The Bertz CT molecular complexity index is 744. The van der Waals surface area contributed by atoms with Gasteiger partial charge in [0.2, 0.25) is 10.0 Å². The van der Waals surface area contributed by atoms with Gasteiger partial charge in [0.1, 0.15) is 17.0 Å². The Kier molecular flexibility index (Phi) is 5.98. The van der Waals surface area contributed by atoms with Gasteiger partial charge < -0.3 is 4.74 Å². The van der Waals surface area contributed by atoms with Gasteiger partial charge in [0, 0.05) is 0 Å². The number of benzene rings is 1. The first kappa shape index (κ1) is 19.2. The summed E-state index contributed by atoms with van der Waals surface area (Å²) in [5.74, 6) is -1.06. The molecule has 1 aromatic rings. The lowest BCUT2D eigenvalue weighted by molar-refractivity contribution is -0.143. The standard InChI is InChI=1S/C12H10ClF3N2O4S/c1-7(11(19)22-5-4-17)18-23(20,21)10-6-8(12(14,15)16)2-3-9(10)13/h2-3,6-7,18H,5H2,1H3. The molecule has 0 saturated carbocycles. The highest BCUT2D eigenvalue weighted by Gasteiger charge is 2.33. The van der Waals surface area contributed by atoms with Crippen LogP contribution in [0.25, 0.3) is 0 Å². The first-order valence-corrected chi connectivity index (χ1v) is 7.78. The number of halogens is 4. The second-order valence-electron chi connectivity index (χ2n) is 4.25. The van der Waals surface area contributed by atoms with E-state index in [9.17, 15) is 26.4 Å². The highest BCUT2D eigenvalue weighted by atomic mass is 35.5. The van der Waals surface area contributed by atoms with Crippen molar-refractivity contribution in [3.05, 3.63) is 28.8 Å². The molecule has 1 N–H and O–H groups in total. The maximum atomic E-state index is 12.7. The predicted octanol–water partition coefficient (Wildman–Crippen LogP) is 2.09. The molecule has 0 aliphatic heterocycles. The van der Waals surface area contributed by atoms with Gasteiger partial charge in [0.25, 0.3) is 0 Å². The number of esters is 1. The molecule has 0 aromatic heterocycles. The van der Waals surface area contributed by atoms with Crippen molar-refractivity contribution in [3.63, 3.8) is 0 Å². The van der Waals surface area contributed by atoms with Gasteiger partial charge in [-0.2, -0.15) is 23.2 Å². The summed E-state index contributed by atoms with van der Waals surface area (Å²) < 4.78 is 68.4. The van der Waals surface area contributed by atoms with E-state index in [1.165, 1.54) is 6.07 Å². The second-order valence-corrected chi connectivity index (χ2v) is 6.34. The molecule has 0 bridgehead atoms. The Morgan fingerprint density at radius 3 is 2.61 bits per heavy atom. The molecule has 11 heteroatoms. The molecule has 1 aromatic carbocycles. The number of hydrogen-bond acceptors (Lipinski definition) is 5. The Balaban J connectivity index is 3.10. The van der Waals surface area contributed by atoms with Crippen LogP contribution in [0, 0.1) is 11.3 Å². The average Bonchev–Trinajstić information content (AvgIpc) is 2.43. The number of carbonyl (C=O) groups is 1. The average molecular weight is 371 g/mol. The molecule has 0 aliphatic carbocycles. The summed E-state index contributed by atoms with van der Waals surface area (Å²) in [5, 5.41) is 7.82. The van der Waals surface area contributed by atoms with Crippen molar-refractivity contribution in [2.75, 3.05) is 6.61 Å². The fourth-order valence-electron chi connectivity index (χ4n) is 1.46. The van der Waals surface area contributed by atoms with Crippen LogP contribution < -0.4 is 4.72 Å².